The second kappa shape index (κ2) is 16.7. The zero-order valence-corrected chi connectivity index (χ0v) is 25.2. The Morgan fingerprint density at radius 2 is 1.09 bits per heavy atom. The molecule has 3 amide bonds. The first-order valence-electron chi connectivity index (χ1n) is 15.0. The molecular formula is C36H38N4O6. The highest BCUT2D eigenvalue weighted by Crippen LogP contribution is 2.23. The van der Waals surface area contributed by atoms with Crippen LogP contribution in [-0.2, 0) is 35.3 Å². The Balaban J connectivity index is 1.85. The van der Waals surface area contributed by atoms with E-state index < -0.39 is 41.9 Å². The zero-order valence-electron chi connectivity index (χ0n) is 25.2. The van der Waals surface area contributed by atoms with E-state index in [1.165, 1.54) is 0 Å². The van der Waals surface area contributed by atoms with Crippen molar-refractivity contribution >= 4 is 24.4 Å². The molecule has 0 aliphatic carbocycles. The van der Waals surface area contributed by atoms with Crippen LogP contribution in [0.2, 0.25) is 0 Å². The maximum atomic E-state index is 13.5. The van der Waals surface area contributed by atoms with Crippen LogP contribution in [0.5, 0.6) is 0 Å². The second-order valence-corrected chi connectivity index (χ2v) is 11.1. The van der Waals surface area contributed by atoms with Crippen LogP contribution in [0.4, 0.5) is 9.59 Å². The van der Waals surface area contributed by atoms with Gasteiger partial charge >= 0.3 is 12.2 Å². The Morgan fingerprint density at radius 3 is 1.54 bits per heavy atom. The Kier molecular flexibility index (Phi) is 12.2. The van der Waals surface area contributed by atoms with Crippen molar-refractivity contribution in [3.05, 3.63) is 144 Å². The molecule has 4 rings (SSSR count). The summed E-state index contributed by atoms with van der Waals surface area (Å²) in [5, 5.41) is 31.1. The summed E-state index contributed by atoms with van der Waals surface area (Å²) in [5.41, 5.74) is 1.60. The molecule has 10 heteroatoms. The van der Waals surface area contributed by atoms with Gasteiger partial charge in [0, 0.05) is 12.5 Å². The van der Waals surface area contributed by atoms with Crippen molar-refractivity contribution in [1.29, 1.82) is 0 Å². The van der Waals surface area contributed by atoms with E-state index in [0.29, 0.717) is 6.42 Å². The smallest absolute Gasteiger partial charge is 0.411 e. The highest BCUT2D eigenvalue weighted by molar-refractivity contribution is 5.94. The zero-order chi connectivity index (χ0) is 32.8. The molecule has 0 heterocycles. The van der Waals surface area contributed by atoms with Crippen molar-refractivity contribution in [3.63, 3.8) is 0 Å². The van der Waals surface area contributed by atoms with Crippen LogP contribution in [0.25, 0.3) is 0 Å². The molecule has 2 unspecified atom stereocenters. The topological polar surface area (TPSA) is 157 Å². The maximum Gasteiger partial charge on any atom is 0.411 e. The number of rotatable bonds is 16. The summed E-state index contributed by atoms with van der Waals surface area (Å²) in [6.45, 7) is 0. The fraction of sp³-hybridized carbons (Fsp3) is 0.222. The van der Waals surface area contributed by atoms with E-state index in [1.807, 2.05) is 102 Å². The van der Waals surface area contributed by atoms with Crippen LogP contribution in [0, 0.1) is 0 Å². The number of hydrogen-bond donors (Lipinski definition) is 6. The number of benzene rings is 4. The lowest BCUT2D eigenvalue weighted by Crippen LogP contribution is -2.75. The summed E-state index contributed by atoms with van der Waals surface area (Å²) in [6.07, 6.45) is -1.43. The first-order chi connectivity index (χ1) is 22.3. The van der Waals surface area contributed by atoms with Crippen molar-refractivity contribution in [1.82, 2.24) is 21.3 Å². The van der Waals surface area contributed by atoms with E-state index in [4.69, 9.17) is 0 Å². The molecule has 0 aliphatic rings. The molecule has 4 aromatic rings. The molecule has 238 valence electrons. The Labute approximate surface area is 267 Å². The van der Waals surface area contributed by atoms with Gasteiger partial charge in [0.2, 0.25) is 5.91 Å². The van der Waals surface area contributed by atoms with Crippen molar-refractivity contribution in [2.24, 2.45) is 0 Å². The van der Waals surface area contributed by atoms with Crippen molar-refractivity contribution in [2.45, 2.75) is 49.5 Å². The van der Waals surface area contributed by atoms with E-state index in [1.54, 1.807) is 24.3 Å². The molecule has 0 fully saturated rings. The lowest BCUT2D eigenvalue weighted by Gasteiger charge is -2.45. The average molecular weight is 623 g/mol. The summed E-state index contributed by atoms with van der Waals surface area (Å²) in [5.74, 6) is -0.851. The summed E-state index contributed by atoms with van der Waals surface area (Å²) in [6, 6.07) is 34.3. The molecular weight excluding hydrogens is 584 g/mol. The summed E-state index contributed by atoms with van der Waals surface area (Å²) in [7, 11) is 0. The minimum Gasteiger partial charge on any atom is -0.465 e. The Hall–Kier alpha value is -5.32. The van der Waals surface area contributed by atoms with E-state index in [2.05, 4.69) is 16.0 Å². The largest absolute Gasteiger partial charge is 0.465 e. The number of carboxylic acid groups (broad SMARTS) is 2. The molecule has 0 radical (unpaired) electrons. The quantitative estimate of drug-likeness (QED) is 0.0802. The number of aldehydes is 1. The van der Waals surface area contributed by atoms with Crippen LogP contribution in [-0.4, -0.2) is 58.4 Å². The van der Waals surface area contributed by atoms with Crippen LogP contribution < -0.4 is 21.3 Å². The molecule has 6 N–H and O–H groups in total. The highest BCUT2D eigenvalue weighted by Gasteiger charge is 2.44. The van der Waals surface area contributed by atoms with Crippen molar-refractivity contribution in [3.8, 4) is 0 Å². The van der Waals surface area contributed by atoms with Gasteiger partial charge in [-0.25, -0.2) is 9.59 Å². The minimum atomic E-state index is -1.63. The summed E-state index contributed by atoms with van der Waals surface area (Å²) in [4.78, 5) is 50.3. The molecule has 10 nitrogen and oxygen atoms in total. The second-order valence-electron chi connectivity index (χ2n) is 11.1. The molecule has 46 heavy (non-hydrogen) atoms. The van der Waals surface area contributed by atoms with Gasteiger partial charge in [-0.1, -0.05) is 121 Å². The number of imide groups is 1. The molecule has 0 spiro atoms. The Morgan fingerprint density at radius 1 is 0.630 bits per heavy atom. The molecule has 0 aliphatic heterocycles. The first kappa shape index (κ1) is 33.6. The van der Waals surface area contributed by atoms with E-state index in [-0.39, 0.29) is 19.3 Å². The van der Waals surface area contributed by atoms with Gasteiger partial charge in [0.25, 0.3) is 0 Å². The monoisotopic (exact) mass is 622 g/mol. The van der Waals surface area contributed by atoms with Gasteiger partial charge in [-0.2, -0.15) is 0 Å². The third-order valence-corrected chi connectivity index (χ3v) is 7.67. The Bertz CT molecular complexity index is 1560. The summed E-state index contributed by atoms with van der Waals surface area (Å²) >= 11 is 0. The molecule has 4 atom stereocenters. The van der Waals surface area contributed by atoms with Gasteiger partial charge in [-0.15, -0.1) is 0 Å². The average Bonchev–Trinajstić information content (AvgIpc) is 3.05. The SMILES string of the molecule is O=CC(Cc1ccccc1)N[C@@H](Cc1ccccc1)C(Cc1ccccc1)(NC(=O)O)N[C@@H](Cc1ccccc1)C(=O)NC(=O)O. The van der Waals surface area contributed by atoms with Gasteiger partial charge in [0.05, 0.1) is 12.1 Å². The summed E-state index contributed by atoms with van der Waals surface area (Å²) < 4.78 is 0. The lowest BCUT2D eigenvalue weighted by molar-refractivity contribution is -0.123. The number of amides is 3. The normalized spacial score (nSPS) is 14.2. The lowest BCUT2D eigenvalue weighted by atomic mass is 9.85. The van der Waals surface area contributed by atoms with E-state index >= 15 is 0 Å². The van der Waals surface area contributed by atoms with Gasteiger partial charge in [0.15, 0.2) is 0 Å². The van der Waals surface area contributed by atoms with E-state index in [9.17, 15) is 29.4 Å². The fourth-order valence-corrected chi connectivity index (χ4v) is 5.61. The number of carbonyl (C=O) groups is 4. The van der Waals surface area contributed by atoms with Crippen molar-refractivity contribution < 1.29 is 29.4 Å². The number of nitrogens with one attached hydrogen (secondary N) is 4. The van der Waals surface area contributed by atoms with Gasteiger partial charge in [0.1, 0.15) is 11.9 Å². The minimum absolute atomic E-state index is 0.0488. The third-order valence-electron chi connectivity index (χ3n) is 7.67. The maximum absolute atomic E-state index is 13.5. The number of hydrogen-bond acceptors (Lipinski definition) is 6. The third kappa shape index (κ3) is 10.1. The molecule has 0 saturated heterocycles. The molecule has 0 saturated carbocycles. The van der Waals surface area contributed by atoms with Gasteiger partial charge in [-0.3, -0.25) is 15.4 Å². The van der Waals surface area contributed by atoms with Crippen LogP contribution in [0.3, 0.4) is 0 Å². The van der Waals surface area contributed by atoms with Crippen LogP contribution in [0.15, 0.2) is 121 Å². The van der Waals surface area contributed by atoms with E-state index in [0.717, 1.165) is 28.5 Å². The van der Waals surface area contributed by atoms with Crippen molar-refractivity contribution in [2.75, 3.05) is 0 Å². The van der Waals surface area contributed by atoms with Gasteiger partial charge < -0.3 is 25.6 Å². The predicted octanol–water partition coefficient (Wildman–Crippen LogP) is 4.20. The fourth-order valence-electron chi connectivity index (χ4n) is 5.61. The standard InChI is InChI=1S/C36H38N4O6/c41-25-30(21-26-13-5-1-6-14-26)37-32(23-28-17-9-3-10-18-28)36(40-35(45)46,24-29-19-11-4-12-20-29)39-31(33(42)38-34(43)44)22-27-15-7-2-8-16-27/h1-20,25,30-32,37,39-40H,21-24H2,(H,38,42)(H,43,44)(H,45,46)/t30?,31-,32-,36?/m0/s1. The number of carbonyl (C=O) groups excluding carboxylic acids is 2. The molecule has 0 aromatic heterocycles. The molecule has 4 aromatic carbocycles. The van der Waals surface area contributed by atoms with Crippen LogP contribution in [0.1, 0.15) is 22.3 Å². The van der Waals surface area contributed by atoms with Gasteiger partial charge in [-0.05, 0) is 41.5 Å². The van der Waals surface area contributed by atoms with Crippen LogP contribution >= 0.6 is 0 Å². The molecule has 0 bridgehead atoms. The highest BCUT2D eigenvalue weighted by atomic mass is 16.4. The first-order valence-corrected chi connectivity index (χ1v) is 15.0. The predicted molar refractivity (Wildman–Crippen MR) is 174 cm³/mol.